The molecule has 1 saturated carbocycles. The molecule has 0 aromatic carbocycles. The molecule has 6 heteroatoms. The van der Waals surface area contributed by atoms with Crippen LogP contribution in [0.1, 0.15) is 26.7 Å². The lowest BCUT2D eigenvalue weighted by Gasteiger charge is -2.47. The number of rotatable bonds is 2. The van der Waals surface area contributed by atoms with Crippen molar-refractivity contribution < 1.29 is 8.42 Å². The predicted molar refractivity (Wildman–Crippen MR) is 77.3 cm³/mol. The summed E-state index contributed by atoms with van der Waals surface area (Å²) >= 11 is 0. The maximum atomic E-state index is 11.5. The van der Waals surface area contributed by atoms with Crippen molar-refractivity contribution in [1.82, 2.24) is 9.21 Å². The third-order valence-corrected chi connectivity index (χ3v) is 5.94. The van der Waals surface area contributed by atoms with E-state index < -0.39 is 10.0 Å². The van der Waals surface area contributed by atoms with E-state index >= 15 is 0 Å². The van der Waals surface area contributed by atoms with Gasteiger partial charge < -0.3 is 5.73 Å². The Morgan fingerprint density at radius 3 is 2.11 bits per heavy atom. The summed E-state index contributed by atoms with van der Waals surface area (Å²) in [4.78, 5) is 2.41. The standard InChI is InChI=1S/C13H27N3O2S/c1-10-8-11(2)13(12(14)9-10)15-4-6-16(7-5-15)19(3,17)18/h10-13H,4-9,14H2,1-3H3. The van der Waals surface area contributed by atoms with Gasteiger partial charge in [0.1, 0.15) is 0 Å². The summed E-state index contributed by atoms with van der Waals surface area (Å²) in [5, 5.41) is 0. The summed E-state index contributed by atoms with van der Waals surface area (Å²) < 4.78 is 24.6. The Labute approximate surface area is 117 Å². The lowest BCUT2D eigenvalue weighted by atomic mass is 9.76. The molecule has 2 fully saturated rings. The lowest BCUT2D eigenvalue weighted by Crippen LogP contribution is -2.60. The highest BCUT2D eigenvalue weighted by molar-refractivity contribution is 7.88. The SMILES string of the molecule is CC1CC(C)C(N2CCN(S(C)(=O)=O)CC2)C(N)C1. The van der Waals surface area contributed by atoms with Crippen molar-refractivity contribution >= 4 is 10.0 Å². The molecule has 1 saturated heterocycles. The second-order valence-electron chi connectivity index (χ2n) is 6.41. The number of hydrogen-bond acceptors (Lipinski definition) is 4. The topological polar surface area (TPSA) is 66.6 Å². The Hall–Kier alpha value is -0.170. The molecule has 0 aromatic rings. The van der Waals surface area contributed by atoms with Gasteiger partial charge in [-0.25, -0.2) is 8.42 Å². The maximum Gasteiger partial charge on any atom is 0.211 e. The molecular formula is C13H27N3O2S. The molecule has 0 bridgehead atoms. The third kappa shape index (κ3) is 3.48. The predicted octanol–water partition coefficient (Wildman–Crippen LogP) is 0.326. The Morgan fingerprint density at radius 1 is 1.05 bits per heavy atom. The van der Waals surface area contributed by atoms with Crippen LogP contribution in [-0.4, -0.2) is 62.1 Å². The molecule has 4 unspecified atom stereocenters. The first-order valence-corrected chi connectivity index (χ1v) is 9.08. The van der Waals surface area contributed by atoms with E-state index in [1.807, 2.05) is 0 Å². The fourth-order valence-electron chi connectivity index (χ4n) is 3.86. The minimum atomic E-state index is -3.04. The van der Waals surface area contributed by atoms with Gasteiger partial charge in [-0.1, -0.05) is 13.8 Å². The first kappa shape index (κ1) is 15.2. The van der Waals surface area contributed by atoms with E-state index in [0.717, 1.165) is 19.5 Å². The molecular weight excluding hydrogens is 262 g/mol. The van der Waals surface area contributed by atoms with Gasteiger partial charge in [0.15, 0.2) is 0 Å². The van der Waals surface area contributed by atoms with Crippen molar-refractivity contribution in [2.75, 3.05) is 32.4 Å². The molecule has 2 rings (SSSR count). The van der Waals surface area contributed by atoms with E-state index in [4.69, 9.17) is 5.73 Å². The molecule has 5 nitrogen and oxygen atoms in total. The van der Waals surface area contributed by atoms with Crippen molar-refractivity contribution in [1.29, 1.82) is 0 Å². The van der Waals surface area contributed by atoms with E-state index in [1.54, 1.807) is 4.31 Å². The van der Waals surface area contributed by atoms with E-state index in [-0.39, 0.29) is 6.04 Å². The third-order valence-electron chi connectivity index (χ3n) is 4.63. The summed E-state index contributed by atoms with van der Waals surface area (Å²) in [7, 11) is -3.04. The first-order valence-electron chi connectivity index (χ1n) is 7.23. The smallest absolute Gasteiger partial charge is 0.211 e. The van der Waals surface area contributed by atoms with Gasteiger partial charge in [-0.3, -0.25) is 4.90 Å². The Balaban J connectivity index is 1.97. The molecule has 0 aromatic heterocycles. The summed E-state index contributed by atoms with van der Waals surface area (Å²) in [6.45, 7) is 7.38. The molecule has 112 valence electrons. The van der Waals surface area contributed by atoms with E-state index in [1.165, 1.54) is 12.7 Å². The van der Waals surface area contributed by atoms with Crippen LogP contribution in [0.4, 0.5) is 0 Å². The number of sulfonamides is 1. The second kappa shape index (κ2) is 5.68. The van der Waals surface area contributed by atoms with E-state index in [2.05, 4.69) is 18.7 Å². The van der Waals surface area contributed by atoms with Crippen molar-refractivity contribution in [3.63, 3.8) is 0 Å². The average Bonchev–Trinajstić information content (AvgIpc) is 2.27. The van der Waals surface area contributed by atoms with Crippen LogP contribution in [0.3, 0.4) is 0 Å². The molecule has 1 aliphatic heterocycles. The van der Waals surface area contributed by atoms with Gasteiger partial charge in [-0.15, -0.1) is 0 Å². The number of nitrogens with two attached hydrogens (primary N) is 1. The molecule has 2 aliphatic rings. The van der Waals surface area contributed by atoms with E-state index in [9.17, 15) is 8.42 Å². The molecule has 1 aliphatic carbocycles. The summed E-state index contributed by atoms with van der Waals surface area (Å²) in [5.74, 6) is 1.31. The monoisotopic (exact) mass is 289 g/mol. The van der Waals surface area contributed by atoms with Crippen LogP contribution < -0.4 is 5.73 Å². The second-order valence-corrected chi connectivity index (χ2v) is 8.39. The van der Waals surface area contributed by atoms with Crippen LogP contribution in [-0.2, 0) is 10.0 Å². The first-order chi connectivity index (χ1) is 8.79. The molecule has 4 atom stereocenters. The lowest BCUT2D eigenvalue weighted by molar-refractivity contribution is 0.0510. The molecule has 2 N–H and O–H groups in total. The van der Waals surface area contributed by atoms with Crippen molar-refractivity contribution in [3.05, 3.63) is 0 Å². The molecule has 0 spiro atoms. The van der Waals surface area contributed by atoms with Crippen molar-refractivity contribution in [2.45, 2.75) is 38.8 Å². The average molecular weight is 289 g/mol. The Morgan fingerprint density at radius 2 is 1.63 bits per heavy atom. The van der Waals surface area contributed by atoms with Gasteiger partial charge in [-0.2, -0.15) is 4.31 Å². The zero-order chi connectivity index (χ0) is 14.2. The van der Waals surface area contributed by atoms with Crippen LogP contribution in [0.5, 0.6) is 0 Å². The normalized spacial score (nSPS) is 39.4. The maximum absolute atomic E-state index is 11.5. The van der Waals surface area contributed by atoms with Crippen LogP contribution in [0, 0.1) is 11.8 Å². The van der Waals surface area contributed by atoms with Crippen LogP contribution >= 0.6 is 0 Å². The highest BCUT2D eigenvalue weighted by atomic mass is 32.2. The zero-order valence-electron chi connectivity index (χ0n) is 12.2. The Bertz CT molecular complexity index is 392. The van der Waals surface area contributed by atoms with Crippen molar-refractivity contribution in [3.8, 4) is 0 Å². The zero-order valence-corrected chi connectivity index (χ0v) is 13.1. The largest absolute Gasteiger partial charge is 0.326 e. The Kier molecular flexibility index (Phi) is 4.55. The fraction of sp³-hybridized carbons (Fsp3) is 1.00. The van der Waals surface area contributed by atoms with Crippen molar-refractivity contribution in [2.24, 2.45) is 17.6 Å². The number of piperazine rings is 1. The van der Waals surface area contributed by atoms with Crippen LogP contribution in [0.25, 0.3) is 0 Å². The van der Waals surface area contributed by atoms with Gasteiger partial charge >= 0.3 is 0 Å². The van der Waals surface area contributed by atoms with Gasteiger partial charge in [-0.05, 0) is 24.7 Å². The highest BCUT2D eigenvalue weighted by Gasteiger charge is 2.37. The quantitative estimate of drug-likeness (QED) is 0.795. The van der Waals surface area contributed by atoms with Crippen LogP contribution in [0.15, 0.2) is 0 Å². The van der Waals surface area contributed by atoms with Crippen LogP contribution in [0.2, 0.25) is 0 Å². The number of nitrogens with zero attached hydrogens (tertiary/aromatic N) is 2. The highest BCUT2D eigenvalue weighted by Crippen LogP contribution is 2.31. The minimum Gasteiger partial charge on any atom is -0.326 e. The molecule has 1 heterocycles. The molecule has 19 heavy (non-hydrogen) atoms. The van der Waals surface area contributed by atoms with Gasteiger partial charge in [0, 0.05) is 38.3 Å². The van der Waals surface area contributed by atoms with E-state index in [0.29, 0.717) is 31.0 Å². The molecule has 0 radical (unpaired) electrons. The van der Waals surface area contributed by atoms with Gasteiger partial charge in [0.2, 0.25) is 10.0 Å². The molecule has 0 amide bonds. The van der Waals surface area contributed by atoms with Gasteiger partial charge in [0.05, 0.1) is 6.26 Å². The summed E-state index contributed by atoms with van der Waals surface area (Å²) in [6, 6.07) is 0.640. The fourth-order valence-corrected chi connectivity index (χ4v) is 4.69. The van der Waals surface area contributed by atoms with Gasteiger partial charge in [0.25, 0.3) is 0 Å². The number of hydrogen-bond donors (Lipinski definition) is 1. The summed E-state index contributed by atoms with van der Waals surface area (Å²) in [5.41, 5.74) is 6.34. The minimum absolute atomic E-state index is 0.225. The summed E-state index contributed by atoms with van der Waals surface area (Å²) in [6.07, 6.45) is 3.60.